The van der Waals surface area contributed by atoms with Gasteiger partial charge in [-0.05, 0) is 44.0 Å². The first-order valence-corrected chi connectivity index (χ1v) is 8.30. The van der Waals surface area contributed by atoms with Gasteiger partial charge in [0.05, 0.1) is 18.3 Å². The lowest BCUT2D eigenvalue weighted by molar-refractivity contribution is -0.136. The molecule has 0 aromatic heterocycles. The number of rotatable bonds is 4. The minimum Gasteiger partial charge on any atom is -0.465 e. The predicted octanol–water partition coefficient (Wildman–Crippen LogP) is 3.92. The number of carbonyl (C=O) groups is 2. The third kappa shape index (κ3) is 3.39. The van der Waals surface area contributed by atoms with Crippen LogP contribution in [0.15, 0.2) is 45.6 Å². The molecule has 0 unspecified atom stereocenters. The zero-order valence-corrected chi connectivity index (χ0v) is 15.3. The molecule has 1 aliphatic heterocycles. The van der Waals surface area contributed by atoms with Gasteiger partial charge < -0.3 is 9.64 Å². The van der Waals surface area contributed by atoms with Gasteiger partial charge in [-0.25, -0.2) is 4.79 Å². The van der Waals surface area contributed by atoms with Crippen molar-refractivity contribution in [1.29, 1.82) is 0 Å². The Labute approximate surface area is 144 Å². The van der Waals surface area contributed by atoms with Gasteiger partial charge in [-0.15, -0.1) is 0 Å². The van der Waals surface area contributed by atoms with E-state index < -0.39 is 5.97 Å². The lowest BCUT2D eigenvalue weighted by Gasteiger charge is -2.24. The molecule has 0 bridgehead atoms. The maximum Gasteiger partial charge on any atom is 0.340 e. The number of esters is 1. The van der Waals surface area contributed by atoms with Crippen LogP contribution in [0.4, 0.5) is 0 Å². The monoisotopic (exact) mass is 377 g/mol. The second kappa shape index (κ2) is 7.13. The van der Waals surface area contributed by atoms with E-state index in [9.17, 15) is 9.59 Å². The summed E-state index contributed by atoms with van der Waals surface area (Å²) in [4.78, 5) is 26.7. The van der Waals surface area contributed by atoms with E-state index in [1.807, 2.05) is 38.1 Å². The van der Waals surface area contributed by atoms with E-state index in [4.69, 9.17) is 4.74 Å². The molecule has 0 aliphatic carbocycles. The van der Waals surface area contributed by atoms with Crippen LogP contribution in [0.25, 0.3) is 6.08 Å². The standard InChI is InChI=1S/C18H20BrNO3/c1-5-11(2)20-12(3)16(18(22)23-4)15(17(20)21)10-13-6-8-14(19)9-7-13/h6-11H,5H2,1-4H3/b15-10-/t11-/m1/s1. The highest BCUT2D eigenvalue weighted by molar-refractivity contribution is 9.10. The molecule has 5 heteroatoms. The van der Waals surface area contributed by atoms with Crippen LogP contribution in [0.5, 0.6) is 0 Å². The first-order chi connectivity index (χ1) is 10.9. The molecule has 2 rings (SSSR count). The lowest BCUT2D eigenvalue weighted by atomic mass is 10.0. The zero-order valence-electron chi connectivity index (χ0n) is 13.7. The topological polar surface area (TPSA) is 46.6 Å². The smallest absolute Gasteiger partial charge is 0.340 e. The summed E-state index contributed by atoms with van der Waals surface area (Å²) in [6.45, 7) is 5.77. The Hall–Kier alpha value is -1.88. The maximum absolute atomic E-state index is 12.8. The van der Waals surface area contributed by atoms with Gasteiger partial charge in [-0.3, -0.25) is 4.79 Å². The van der Waals surface area contributed by atoms with Gasteiger partial charge in [0.15, 0.2) is 0 Å². The SMILES string of the molecule is CC[C@@H](C)N1C(=O)/C(=C\c2ccc(Br)cc2)C(C(=O)OC)=C1C. The summed E-state index contributed by atoms with van der Waals surface area (Å²) in [5.74, 6) is -0.634. The molecule has 1 atom stereocenters. The molecule has 0 fully saturated rings. The number of nitrogens with zero attached hydrogens (tertiary/aromatic N) is 1. The van der Waals surface area contributed by atoms with Gasteiger partial charge in [-0.1, -0.05) is 35.0 Å². The van der Waals surface area contributed by atoms with Crippen LogP contribution in [0.3, 0.4) is 0 Å². The van der Waals surface area contributed by atoms with Gasteiger partial charge in [0, 0.05) is 16.2 Å². The van der Waals surface area contributed by atoms with Crippen molar-refractivity contribution in [3.05, 3.63) is 51.1 Å². The third-order valence-corrected chi connectivity index (χ3v) is 4.57. The molecule has 0 spiro atoms. The number of carbonyl (C=O) groups excluding carboxylic acids is 2. The van der Waals surface area contributed by atoms with Crippen LogP contribution < -0.4 is 0 Å². The Kier molecular flexibility index (Phi) is 5.42. The van der Waals surface area contributed by atoms with E-state index in [1.54, 1.807) is 17.9 Å². The van der Waals surface area contributed by atoms with E-state index in [2.05, 4.69) is 15.9 Å². The first-order valence-electron chi connectivity index (χ1n) is 7.51. The second-order valence-corrected chi connectivity index (χ2v) is 6.41. The molecular formula is C18H20BrNO3. The molecule has 1 aliphatic rings. The number of benzene rings is 1. The van der Waals surface area contributed by atoms with E-state index in [1.165, 1.54) is 7.11 Å². The summed E-state index contributed by atoms with van der Waals surface area (Å²) in [6.07, 6.45) is 2.55. The fraction of sp³-hybridized carbons (Fsp3) is 0.333. The highest BCUT2D eigenvalue weighted by Gasteiger charge is 2.38. The number of ether oxygens (including phenoxy) is 1. The van der Waals surface area contributed by atoms with Crippen LogP contribution >= 0.6 is 15.9 Å². The largest absolute Gasteiger partial charge is 0.465 e. The van der Waals surface area contributed by atoms with E-state index in [0.717, 1.165) is 16.5 Å². The van der Waals surface area contributed by atoms with Crippen molar-refractivity contribution in [2.75, 3.05) is 7.11 Å². The fourth-order valence-corrected chi connectivity index (χ4v) is 2.90. The molecule has 4 nitrogen and oxygen atoms in total. The average molecular weight is 378 g/mol. The van der Waals surface area contributed by atoms with Crippen LogP contribution in [-0.4, -0.2) is 29.9 Å². The maximum atomic E-state index is 12.8. The summed E-state index contributed by atoms with van der Waals surface area (Å²) >= 11 is 3.38. The molecule has 1 aromatic carbocycles. The van der Waals surface area contributed by atoms with E-state index >= 15 is 0 Å². The molecule has 122 valence electrons. The van der Waals surface area contributed by atoms with Crippen molar-refractivity contribution in [2.45, 2.75) is 33.2 Å². The van der Waals surface area contributed by atoms with Gasteiger partial charge in [0.1, 0.15) is 0 Å². The number of hydrogen-bond acceptors (Lipinski definition) is 3. The molecule has 0 saturated carbocycles. The first kappa shape index (κ1) is 17.5. The van der Waals surface area contributed by atoms with Gasteiger partial charge in [-0.2, -0.15) is 0 Å². The number of hydrogen-bond donors (Lipinski definition) is 0. The fourth-order valence-electron chi connectivity index (χ4n) is 2.64. The minimum atomic E-state index is -0.481. The lowest BCUT2D eigenvalue weighted by Crippen LogP contribution is -2.33. The van der Waals surface area contributed by atoms with Gasteiger partial charge in [0.2, 0.25) is 0 Å². The zero-order chi connectivity index (χ0) is 17.1. The number of methoxy groups -OCH3 is 1. The van der Waals surface area contributed by atoms with Crippen molar-refractivity contribution in [3.63, 3.8) is 0 Å². The van der Waals surface area contributed by atoms with E-state index in [-0.39, 0.29) is 11.9 Å². The summed E-state index contributed by atoms with van der Waals surface area (Å²) in [7, 11) is 1.33. The Bertz CT molecular complexity index is 689. The summed E-state index contributed by atoms with van der Waals surface area (Å²) in [5, 5.41) is 0. The summed E-state index contributed by atoms with van der Waals surface area (Å²) < 4.78 is 5.83. The molecular weight excluding hydrogens is 358 g/mol. The number of halogens is 1. The highest BCUT2D eigenvalue weighted by Crippen LogP contribution is 2.33. The van der Waals surface area contributed by atoms with Gasteiger partial charge >= 0.3 is 5.97 Å². The van der Waals surface area contributed by atoms with Crippen LogP contribution in [0.2, 0.25) is 0 Å². The van der Waals surface area contributed by atoms with Crippen molar-refractivity contribution < 1.29 is 14.3 Å². The summed E-state index contributed by atoms with van der Waals surface area (Å²) in [5.41, 5.74) is 2.24. The normalized spacial score (nSPS) is 17.9. The van der Waals surface area contributed by atoms with Crippen molar-refractivity contribution in [3.8, 4) is 0 Å². The average Bonchev–Trinajstić information content (AvgIpc) is 2.79. The Morgan fingerprint density at radius 1 is 1.35 bits per heavy atom. The molecule has 0 N–H and O–H groups in total. The Balaban J connectivity index is 2.54. The summed E-state index contributed by atoms with van der Waals surface area (Å²) in [6, 6.07) is 7.60. The molecule has 1 heterocycles. The molecule has 1 aromatic rings. The second-order valence-electron chi connectivity index (χ2n) is 5.49. The Morgan fingerprint density at radius 3 is 2.48 bits per heavy atom. The third-order valence-electron chi connectivity index (χ3n) is 4.04. The van der Waals surface area contributed by atoms with Crippen LogP contribution in [-0.2, 0) is 14.3 Å². The predicted molar refractivity (Wildman–Crippen MR) is 93.4 cm³/mol. The molecule has 0 saturated heterocycles. The van der Waals surface area contributed by atoms with Crippen molar-refractivity contribution in [1.82, 2.24) is 4.90 Å². The van der Waals surface area contributed by atoms with Crippen molar-refractivity contribution in [2.24, 2.45) is 0 Å². The molecule has 23 heavy (non-hydrogen) atoms. The molecule has 0 radical (unpaired) electrons. The van der Waals surface area contributed by atoms with Crippen molar-refractivity contribution >= 4 is 33.9 Å². The Morgan fingerprint density at radius 2 is 1.96 bits per heavy atom. The van der Waals surface area contributed by atoms with E-state index in [0.29, 0.717) is 16.8 Å². The number of allylic oxidation sites excluding steroid dienone is 1. The minimum absolute atomic E-state index is 0.0259. The van der Waals surface area contributed by atoms with Crippen LogP contribution in [0, 0.1) is 0 Å². The molecule has 1 amide bonds. The quantitative estimate of drug-likeness (QED) is 0.589. The highest BCUT2D eigenvalue weighted by atomic mass is 79.9. The van der Waals surface area contributed by atoms with Crippen LogP contribution in [0.1, 0.15) is 32.8 Å². The number of amides is 1. The van der Waals surface area contributed by atoms with Gasteiger partial charge in [0.25, 0.3) is 5.91 Å².